The lowest BCUT2D eigenvalue weighted by Crippen LogP contribution is -2.18. The van der Waals surface area contributed by atoms with Crippen LogP contribution in [0.1, 0.15) is 80.1 Å². The zero-order valence-corrected chi connectivity index (χ0v) is 13.5. The summed E-state index contributed by atoms with van der Waals surface area (Å²) in [4.78, 5) is 9.73. The molecule has 1 heterocycles. The molecule has 1 atom stereocenters. The highest BCUT2D eigenvalue weighted by atomic mass is 14.9. The average molecular weight is 275 g/mol. The number of rotatable bonds is 4. The zero-order valence-electron chi connectivity index (χ0n) is 13.5. The van der Waals surface area contributed by atoms with Gasteiger partial charge in [-0.1, -0.05) is 32.6 Å². The number of hydrogen-bond acceptors (Lipinski definition) is 3. The van der Waals surface area contributed by atoms with Crippen molar-refractivity contribution in [3.05, 3.63) is 22.8 Å². The van der Waals surface area contributed by atoms with E-state index in [1.165, 1.54) is 55.5 Å². The summed E-state index contributed by atoms with van der Waals surface area (Å²) in [5, 5.41) is 3.25. The van der Waals surface area contributed by atoms with Crippen molar-refractivity contribution in [2.24, 2.45) is 0 Å². The fourth-order valence-corrected chi connectivity index (χ4v) is 3.59. The van der Waals surface area contributed by atoms with Gasteiger partial charge in [0.25, 0.3) is 0 Å². The first-order valence-electron chi connectivity index (χ1n) is 8.13. The van der Waals surface area contributed by atoms with Gasteiger partial charge in [-0.15, -0.1) is 0 Å². The van der Waals surface area contributed by atoms with Crippen LogP contribution in [0, 0.1) is 13.8 Å². The average Bonchev–Trinajstić information content (AvgIpc) is 2.66. The molecule has 1 saturated carbocycles. The first kappa shape index (κ1) is 15.4. The third kappa shape index (κ3) is 3.57. The summed E-state index contributed by atoms with van der Waals surface area (Å²) >= 11 is 0. The monoisotopic (exact) mass is 275 g/mol. The molecule has 1 aliphatic carbocycles. The number of aryl methyl sites for hydroxylation is 2. The van der Waals surface area contributed by atoms with E-state index in [0.717, 1.165) is 12.4 Å². The molecule has 1 aromatic rings. The summed E-state index contributed by atoms with van der Waals surface area (Å²) in [5.41, 5.74) is 3.69. The summed E-state index contributed by atoms with van der Waals surface area (Å²) < 4.78 is 0. The molecule has 3 nitrogen and oxygen atoms in total. The Balaban J connectivity index is 2.24. The molecule has 1 unspecified atom stereocenters. The van der Waals surface area contributed by atoms with Crippen molar-refractivity contribution < 1.29 is 0 Å². The van der Waals surface area contributed by atoms with Crippen LogP contribution in [0.5, 0.6) is 0 Å². The molecule has 0 spiro atoms. The van der Waals surface area contributed by atoms with Crippen molar-refractivity contribution in [1.82, 2.24) is 15.3 Å². The summed E-state index contributed by atoms with van der Waals surface area (Å²) in [7, 11) is 2.00. The van der Waals surface area contributed by atoms with Gasteiger partial charge in [-0.2, -0.15) is 0 Å². The largest absolute Gasteiger partial charge is 0.319 e. The second-order valence-electron chi connectivity index (χ2n) is 6.31. The van der Waals surface area contributed by atoms with Gasteiger partial charge in [-0.05, 0) is 45.2 Å². The van der Waals surface area contributed by atoms with E-state index in [1.54, 1.807) is 0 Å². The van der Waals surface area contributed by atoms with Crippen molar-refractivity contribution in [3.8, 4) is 0 Å². The van der Waals surface area contributed by atoms with Crippen LogP contribution in [0.4, 0.5) is 0 Å². The van der Waals surface area contributed by atoms with Crippen molar-refractivity contribution in [1.29, 1.82) is 0 Å². The molecule has 2 rings (SSSR count). The Labute approximate surface area is 123 Å². The number of aromatic nitrogens is 2. The Kier molecular flexibility index (Phi) is 5.53. The Morgan fingerprint density at radius 1 is 1.05 bits per heavy atom. The van der Waals surface area contributed by atoms with Gasteiger partial charge in [-0.3, -0.25) is 0 Å². The Hall–Kier alpha value is -0.960. The maximum atomic E-state index is 4.86. The highest BCUT2D eigenvalue weighted by Gasteiger charge is 2.20. The van der Waals surface area contributed by atoms with Gasteiger partial charge in [0.2, 0.25) is 0 Å². The topological polar surface area (TPSA) is 37.8 Å². The van der Waals surface area contributed by atoms with Crippen LogP contribution >= 0.6 is 0 Å². The smallest absolute Gasteiger partial charge is 0.131 e. The number of hydrogen-bond donors (Lipinski definition) is 1. The second-order valence-corrected chi connectivity index (χ2v) is 6.31. The summed E-state index contributed by atoms with van der Waals surface area (Å²) in [5.74, 6) is 2.16. The van der Waals surface area contributed by atoms with E-state index in [-0.39, 0.29) is 0 Å². The third-order valence-corrected chi connectivity index (χ3v) is 4.57. The van der Waals surface area contributed by atoms with Crippen LogP contribution in [-0.2, 0) is 0 Å². The second kappa shape index (κ2) is 7.16. The van der Waals surface area contributed by atoms with Crippen LogP contribution < -0.4 is 5.32 Å². The normalized spacial score (nSPS) is 18.8. The van der Waals surface area contributed by atoms with Gasteiger partial charge in [0, 0.05) is 23.9 Å². The maximum Gasteiger partial charge on any atom is 0.131 e. The Morgan fingerprint density at radius 2 is 1.60 bits per heavy atom. The first-order valence-corrected chi connectivity index (χ1v) is 8.13. The minimum absolute atomic E-state index is 0.475. The van der Waals surface area contributed by atoms with Gasteiger partial charge in [0.15, 0.2) is 0 Å². The van der Waals surface area contributed by atoms with Crippen molar-refractivity contribution in [2.45, 2.75) is 71.1 Å². The van der Waals surface area contributed by atoms with E-state index in [4.69, 9.17) is 9.97 Å². The molecule has 112 valence electrons. The van der Waals surface area contributed by atoms with Crippen LogP contribution in [0.25, 0.3) is 0 Å². The van der Waals surface area contributed by atoms with E-state index < -0.39 is 0 Å². The SMILES string of the molecule is CNCC(C)c1c(C)nc(C2CCCCCC2)nc1C. The highest BCUT2D eigenvalue weighted by molar-refractivity contribution is 5.29. The van der Waals surface area contributed by atoms with Gasteiger partial charge in [0.05, 0.1) is 0 Å². The molecule has 20 heavy (non-hydrogen) atoms. The van der Waals surface area contributed by atoms with Gasteiger partial charge in [0.1, 0.15) is 5.82 Å². The molecule has 1 aromatic heterocycles. The molecule has 0 aliphatic heterocycles. The molecule has 0 aromatic carbocycles. The quantitative estimate of drug-likeness (QED) is 0.848. The Morgan fingerprint density at radius 3 is 2.10 bits per heavy atom. The van der Waals surface area contributed by atoms with E-state index in [9.17, 15) is 0 Å². The zero-order chi connectivity index (χ0) is 14.5. The highest BCUT2D eigenvalue weighted by Crippen LogP contribution is 2.31. The van der Waals surface area contributed by atoms with E-state index in [1.807, 2.05) is 7.05 Å². The molecule has 0 saturated heterocycles. The van der Waals surface area contributed by atoms with Crippen LogP contribution in [-0.4, -0.2) is 23.6 Å². The number of nitrogens with zero attached hydrogens (tertiary/aromatic N) is 2. The molecule has 1 N–H and O–H groups in total. The molecule has 3 heteroatoms. The molecular weight excluding hydrogens is 246 g/mol. The van der Waals surface area contributed by atoms with Crippen molar-refractivity contribution in [2.75, 3.05) is 13.6 Å². The summed E-state index contributed by atoms with van der Waals surface area (Å²) in [6, 6.07) is 0. The van der Waals surface area contributed by atoms with E-state index in [0.29, 0.717) is 11.8 Å². The van der Waals surface area contributed by atoms with Crippen LogP contribution in [0.15, 0.2) is 0 Å². The van der Waals surface area contributed by atoms with E-state index in [2.05, 4.69) is 26.1 Å². The number of likely N-dealkylation sites (N-methyl/N-ethyl adjacent to an activating group) is 1. The van der Waals surface area contributed by atoms with Gasteiger partial charge >= 0.3 is 0 Å². The lowest BCUT2D eigenvalue weighted by atomic mass is 9.95. The Bertz CT molecular complexity index is 411. The van der Waals surface area contributed by atoms with Crippen molar-refractivity contribution in [3.63, 3.8) is 0 Å². The fraction of sp³-hybridized carbons (Fsp3) is 0.765. The predicted octanol–water partition coefficient (Wildman–Crippen LogP) is 3.85. The number of nitrogens with one attached hydrogen (secondary N) is 1. The molecule has 0 amide bonds. The molecule has 1 fully saturated rings. The van der Waals surface area contributed by atoms with Crippen LogP contribution in [0.3, 0.4) is 0 Å². The summed E-state index contributed by atoms with van der Waals surface area (Å²) in [6.45, 7) is 7.53. The summed E-state index contributed by atoms with van der Waals surface area (Å²) in [6.07, 6.45) is 7.97. The molecular formula is C17H29N3. The van der Waals surface area contributed by atoms with Gasteiger partial charge in [-0.25, -0.2) is 9.97 Å². The fourth-order valence-electron chi connectivity index (χ4n) is 3.59. The van der Waals surface area contributed by atoms with E-state index >= 15 is 0 Å². The molecule has 1 aliphatic rings. The molecule has 0 radical (unpaired) electrons. The van der Waals surface area contributed by atoms with Crippen LogP contribution in [0.2, 0.25) is 0 Å². The predicted molar refractivity (Wildman–Crippen MR) is 84.3 cm³/mol. The first-order chi connectivity index (χ1) is 9.63. The lowest BCUT2D eigenvalue weighted by Gasteiger charge is -2.20. The standard InChI is InChI=1S/C17H29N3/c1-12(11-18-4)16-13(2)19-17(20-14(16)3)15-9-7-5-6-8-10-15/h12,15,18H,5-11H2,1-4H3. The van der Waals surface area contributed by atoms with Gasteiger partial charge < -0.3 is 5.32 Å². The lowest BCUT2D eigenvalue weighted by molar-refractivity contribution is 0.552. The minimum Gasteiger partial charge on any atom is -0.319 e. The minimum atomic E-state index is 0.475. The third-order valence-electron chi connectivity index (χ3n) is 4.57. The molecule has 0 bridgehead atoms. The van der Waals surface area contributed by atoms with Crippen molar-refractivity contribution >= 4 is 0 Å². The maximum absolute atomic E-state index is 4.86.